The fourth-order valence-corrected chi connectivity index (χ4v) is 1.99. The van der Waals surface area contributed by atoms with E-state index < -0.39 is 0 Å². The van der Waals surface area contributed by atoms with Crippen LogP contribution in [-0.2, 0) is 4.79 Å². The van der Waals surface area contributed by atoms with Gasteiger partial charge in [0.1, 0.15) is 0 Å². The molecule has 15 heavy (non-hydrogen) atoms. The number of carbonyl (C=O) groups is 1. The maximum absolute atomic E-state index is 11.6. The molecule has 0 radical (unpaired) electrons. The number of hydrogen-bond acceptors (Lipinski definition) is 2. The first kappa shape index (κ1) is 12.0. The number of nitrogens with one attached hydrogen (secondary N) is 1. The van der Waals surface area contributed by atoms with Gasteiger partial charge in [-0.25, -0.2) is 0 Å². The molecular formula is C12H20N2O. The maximum atomic E-state index is 11.6. The molecule has 0 spiro atoms. The van der Waals surface area contributed by atoms with Gasteiger partial charge in [-0.15, -0.1) is 0 Å². The van der Waals surface area contributed by atoms with Crippen LogP contribution >= 0.6 is 0 Å². The Morgan fingerprint density at radius 1 is 1.40 bits per heavy atom. The molecule has 84 valence electrons. The summed E-state index contributed by atoms with van der Waals surface area (Å²) in [7, 11) is 0. The number of hydrogen-bond donors (Lipinski definition) is 2. The molecular weight excluding hydrogens is 188 g/mol. The Kier molecular flexibility index (Phi) is 4.56. The summed E-state index contributed by atoms with van der Waals surface area (Å²) in [4.78, 5) is 11.6. The average molecular weight is 208 g/mol. The van der Waals surface area contributed by atoms with Crippen LogP contribution in [0.2, 0.25) is 0 Å². The molecule has 1 aliphatic carbocycles. The van der Waals surface area contributed by atoms with Gasteiger partial charge in [0.15, 0.2) is 0 Å². The molecule has 1 rings (SSSR count). The maximum Gasteiger partial charge on any atom is 0.244 e. The van der Waals surface area contributed by atoms with Crippen LogP contribution in [0.1, 0.15) is 32.6 Å². The number of carbonyl (C=O) groups excluding carboxylic acids is 1. The van der Waals surface area contributed by atoms with E-state index in [0.717, 1.165) is 25.7 Å². The van der Waals surface area contributed by atoms with Crippen LogP contribution < -0.4 is 11.1 Å². The number of nitrogens with two attached hydrogens (primary N) is 1. The summed E-state index contributed by atoms with van der Waals surface area (Å²) in [5.74, 6) is -0.0412. The first-order chi connectivity index (χ1) is 7.22. The van der Waals surface area contributed by atoms with Gasteiger partial charge < -0.3 is 11.1 Å². The van der Waals surface area contributed by atoms with Crippen LogP contribution in [0.15, 0.2) is 24.3 Å². The Morgan fingerprint density at radius 2 is 2.07 bits per heavy atom. The predicted molar refractivity (Wildman–Crippen MR) is 62.4 cm³/mol. The van der Waals surface area contributed by atoms with E-state index in [-0.39, 0.29) is 11.4 Å². The van der Waals surface area contributed by atoms with Crippen molar-refractivity contribution in [3.63, 3.8) is 0 Å². The second-order valence-corrected chi connectivity index (χ2v) is 4.07. The average Bonchev–Trinajstić information content (AvgIpc) is 2.67. The van der Waals surface area contributed by atoms with Crippen LogP contribution in [0, 0.1) is 0 Å². The molecule has 0 aromatic rings. The molecule has 0 bridgehead atoms. The molecule has 0 aromatic heterocycles. The summed E-state index contributed by atoms with van der Waals surface area (Å²) in [6.45, 7) is 2.46. The minimum Gasteiger partial charge on any atom is -0.346 e. The van der Waals surface area contributed by atoms with E-state index in [0.29, 0.717) is 6.54 Å². The third-order valence-electron chi connectivity index (χ3n) is 2.89. The zero-order valence-electron chi connectivity index (χ0n) is 9.33. The smallest absolute Gasteiger partial charge is 0.244 e. The molecule has 0 saturated heterocycles. The molecule has 0 aliphatic heterocycles. The van der Waals surface area contributed by atoms with Gasteiger partial charge in [-0.05, 0) is 19.8 Å². The second kappa shape index (κ2) is 5.71. The summed E-state index contributed by atoms with van der Waals surface area (Å²) in [6.07, 6.45) is 11.4. The first-order valence-electron chi connectivity index (χ1n) is 5.54. The Labute approximate surface area is 91.4 Å². The van der Waals surface area contributed by atoms with Crippen LogP contribution in [0.25, 0.3) is 0 Å². The van der Waals surface area contributed by atoms with Gasteiger partial charge in [0.05, 0.1) is 5.54 Å². The molecule has 3 nitrogen and oxygen atoms in total. The summed E-state index contributed by atoms with van der Waals surface area (Å²) < 4.78 is 0. The van der Waals surface area contributed by atoms with Gasteiger partial charge in [-0.3, -0.25) is 4.79 Å². The van der Waals surface area contributed by atoms with Crippen LogP contribution in [0.4, 0.5) is 0 Å². The molecule has 0 aromatic carbocycles. The molecule has 0 heterocycles. The lowest BCUT2D eigenvalue weighted by Gasteiger charge is -2.27. The molecule has 3 heteroatoms. The van der Waals surface area contributed by atoms with E-state index in [9.17, 15) is 4.79 Å². The van der Waals surface area contributed by atoms with Crippen molar-refractivity contribution in [1.29, 1.82) is 0 Å². The molecule has 1 amide bonds. The quantitative estimate of drug-likeness (QED) is 0.543. The van der Waals surface area contributed by atoms with Gasteiger partial charge >= 0.3 is 0 Å². The summed E-state index contributed by atoms with van der Waals surface area (Å²) >= 11 is 0. The Hall–Kier alpha value is -1.09. The molecule has 0 atom stereocenters. The highest BCUT2D eigenvalue weighted by Crippen LogP contribution is 2.28. The lowest BCUT2D eigenvalue weighted by Crippen LogP contribution is -2.51. The van der Waals surface area contributed by atoms with Crippen molar-refractivity contribution in [1.82, 2.24) is 5.32 Å². The van der Waals surface area contributed by atoms with Crippen molar-refractivity contribution < 1.29 is 4.79 Å². The largest absolute Gasteiger partial charge is 0.346 e. The van der Waals surface area contributed by atoms with Crippen molar-refractivity contribution in [2.75, 3.05) is 6.54 Å². The van der Waals surface area contributed by atoms with Crippen molar-refractivity contribution in [2.45, 2.75) is 38.1 Å². The lowest BCUT2D eigenvalue weighted by atomic mass is 9.98. The number of rotatable bonds is 4. The zero-order valence-corrected chi connectivity index (χ0v) is 9.33. The fraction of sp³-hybridized carbons (Fsp3) is 0.583. The fourth-order valence-electron chi connectivity index (χ4n) is 1.99. The van der Waals surface area contributed by atoms with Crippen molar-refractivity contribution in [3.8, 4) is 0 Å². The van der Waals surface area contributed by atoms with Crippen molar-refractivity contribution >= 4 is 5.91 Å². The standard InChI is InChI=1S/C12H20N2O/c1-2-3-4-7-11(15)14-12(10-13)8-5-6-9-12/h2-4,7H,5-6,8-10,13H2,1H3,(H,14,15). The summed E-state index contributed by atoms with van der Waals surface area (Å²) in [6, 6.07) is 0. The van der Waals surface area contributed by atoms with Crippen molar-refractivity contribution in [3.05, 3.63) is 24.3 Å². The van der Waals surface area contributed by atoms with Crippen LogP contribution in [0.3, 0.4) is 0 Å². The lowest BCUT2D eigenvalue weighted by molar-refractivity contribution is -0.118. The van der Waals surface area contributed by atoms with E-state index >= 15 is 0 Å². The van der Waals surface area contributed by atoms with E-state index in [4.69, 9.17) is 5.73 Å². The number of allylic oxidation sites excluding steroid dienone is 3. The first-order valence-corrected chi connectivity index (χ1v) is 5.54. The van der Waals surface area contributed by atoms with Crippen LogP contribution in [-0.4, -0.2) is 18.0 Å². The Morgan fingerprint density at radius 3 is 2.60 bits per heavy atom. The third kappa shape index (κ3) is 3.51. The van der Waals surface area contributed by atoms with Gasteiger partial charge in [-0.2, -0.15) is 0 Å². The third-order valence-corrected chi connectivity index (χ3v) is 2.89. The highest BCUT2D eigenvalue weighted by atomic mass is 16.1. The monoisotopic (exact) mass is 208 g/mol. The minimum atomic E-state index is -0.142. The van der Waals surface area contributed by atoms with E-state index in [1.165, 1.54) is 0 Å². The predicted octanol–water partition coefficient (Wildman–Crippen LogP) is 1.51. The van der Waals surface area contributed by atoms with E-state index in [1.54, 1.807) is 12.2 Å². The molecule has 0 unspecified atom stereocenters. The van der Waals surface area contributed by atoms with Crippen molar-refractivity contribution in [2.24, 2.45) is 5.73 Å². The summed E-state index contributed by atoms with van der Waals surface area (Å²) in [5.41, 5.74) is 5.58. The van der Waals surface area contributed by atoms with Crippen LogP contribution in [0.5, 0.6) is 0 Å². The highest BCUT2D eigenvalue weighted by Gasteiger charge is 2.33. The molecule has 1 fully saturated rings. The zero-order chi connectivity index (χ0) is 11.1. The highest BCUT2D eigenvalue weighted by molar-refractivity contribution is 5.88. The SMILES string of the molecule is CC=CC=CC(=O)NC1(CN)CCCC1. The Bertz CT molecular complexity index is 263. The van der Waals surface area contributed by atoms with E-state index in [2.05, 4.69) is 5.32 Å². The van der Waals surface area contributed by atoms with E-state index in [1.807, 2.05) is 19.1 Å². The molecule has 1 aliphatic rings. The van der Waals surface area contributed by atoms with Gasteiger partial charge in [0.25, 0.3) is 0 Å². The minimum absolute atomic E-state index is 0.0412. The molecule has 3 N–H and O–H groups in total. The normalized spacial score (nSPS) is 20.1. The number of amides is 1. The van der Waals surface area contributed by atoms with Gasteiger partial charge in [0, 0.05) is 12.6 Å². The van der Waals surface area contributed by atoms with Gasteiger partial charge in [0.2, 0.25) is 5.91 Å². The van der Waals surface area contributed by atoms with Gasteiger partial charge in [-0.1, -0.05) is 31.1 Å². The topological polar surface area (TPSA) is 55.1 Å². The summed E-state index contributed by atoms with van der Waals surface area (Å²) in [5, 5.41) is 3.02. The second-order valence-electron chi connectivity index (χ2n) is 4.07. The molecule has 1 saturated carbocycles. The Balaban J connectivity index is 2.48.